The molecule has 0 bridgehead atoms. The zero-order chi connectivity index (χ0) is 13.7. The number of nitrogens with one attached hydrogen (secondary N) is 1. The average molecular weight is 241 g/mol. The summed E-state index contributed by atoms with van der Waals surface area (Å²) >= 11 is 0. The van der Waals surface area contributed by atoms with Crippen LogP contribution in [-0.2, 0) is 0 Å². The van der Waals surface area contributed by atoms with Crippen LogP contribution in [0.25, 0.3) is 0 Å². The van der Waals surface area contributed by atoms with Crippen molar-refractivity contribution in [3.05, 3.63) is 0 Å². The second-order valence-corrected chi connectivity index (χ2v) is 5.98. The second kappa shape index (κ2) is 6.27. The Kier molecular flexibility index (Phi) is 6.00. The third-order valence-electron chi connectivity index (χ3n) is 3.44. The molecule has 3 heteroatoms. The van der Waals surface area contributed by atoms with Crippen molar-refractivity contribution < 1.29 is 0 Å². The van der Waals surface area contributed by atoms with Crippen LogP contribution in [0.4, 0.5) is 0 Å². The van der Waals surface area contributed by atoms with Crippen molar-refractivity contribution in [1.82, 2.24) is 10.2 Å². The van der Waals surface area contributed by atoms with Gasteiger partial charge < -0.3 is 10.2 Å². The predicted molar refractivity (Wildman–Crippen MR) is 77.6 cm³/mol. The summed E-state index contributed by atoms with van der Waals surface area (Å²) in [6.45, 7) is 16.3. The fourth-order valence-corrected chi connectivity index (χ4v) is 1.12. The van der Waals surface area contributed by atoms with Gasteiger partial charge in [0.25, 0.3) is 0 Å². The molecule has 102 valence electrons. The Morgan fingerprint density at radius 2 is 1.59 bits per heavy atom. The van der Waals surface area contributed by atoms with Crippen molar-refractivity contribution in [2.75, 3.05) is 13.6 Å². The fourth-order valence-electron chi connectivity index (χ4n) is 1.12. The Hall–Kier alpha value is -0.730. The zero-order valence-electron chi connectivity index (χ0n) is 13.0. The van der Waals surface area contributed by atoms with E-state index in [0.717, 1.165) is 25.3 Å². The van der Waals surface area contributed by atoms with Gasteiger partial charge in [0.2, 0.25) is 0 Å². The second-order valence-electron chi connectivity index (χ2n) is 5.98. The lowest BCUT2D eigenvalue weighted by Crippen LogP contribution is -2.50. The fraction of sp³-hybridized carbons (Fsp3) is 0.929. The lowest BCUT2D eigenvalue weighted by atomic mass is 10.0. The monoisotopic (exact) mass is 241 g/mol. The number of hydrogen-bond acceptors (Lipinski definition) is 1. The highest BCUT2D eigenvalue weighted by molar-refractivity contribution is 5.80. The molecule has 17 heavy (non-hydrogen) atoms. The first-order valence-electron chi connectivity index (χ1n) is 6.76. The minimum absolute atomic E-state index is 0.00438. The molecule has 0 rings (SSSR count). The molecule has 0 heterocycles. The van der Waals surface area contributed by atoms with Crippen LogP contribution in [0.2, 0.25) is 0 Å². The molecule has 0 amide bonds. The Morgan fingerprint density at radius 3 is 1.94 bits per heavy atom. The molecule has 0 aliphatic heterocycles. The molecule has 0 aliphatic rings. The van der Waals surface area contributed by atoms with Crippen LogP contribution >= 0.6 is 0 Å². The molecule has 0 spiro atoms. The van der Waals surface area contributed by atoms with Crippen molar-refractivity contribution in [3.8, 4) is 0 Å². The van der Waals surface area contributed by atoms with Crippen LogP contribution in [0.3, 0.4) is 0 Å². The molecule has 0 aromatic carbocycles. The summed E-state index contributed by atoms with van der Waals surface area (Å²) < 4.78 is 0. The normalized spacial score (nSPS) is 13.8. The standard InChI is InChI=1S/C14H31N3/c1-9-13(4,5)15-12(17(8)11-3)16-14(6,7)10-2/h9-11H2,1-8H3,(H,15,16). The summed E-state index contributed by atoms with van der Waals surface area (Å²) in [4.78, 5) is 7.04. The molecule has 0 aromatic heterocycles. The highest BCUT2D eigenvalue weighted by Crippen LogP contribution is 2.15. The van der Waals surface area contributed by atoms with Crippen molar-refractivity contribution in [2.45, 2.75) is 72.4 Å². The molecule has 0 aliphatic carbocycles. The molecule has 0 unspecified atom stereocenters. The molecule has 0 saturated carbocycles. The molecule has 0 aromatic rings. The van der Waals surface area contributed by atoms with E-state index in [1.807, 2.05) is 0 Å². The first-order valence-corrected chi connectivity index (χ1v) is 6.76. The lowest BCUT2D eigenvalue weighted by Gasteiger charge is -2.33. The minimum Gasteiger partial charge on any atom is -0.351 e. The molecular weight excluding hydrogens is 210 g/mol. The van der Waals surface area contributed by atoms with E-state index in [9.17, 15) is 0 Å². The van der Waals surface area contributed by atoms with Gasteiger partial charge in [0, 0.05) is 19.1 Å². The van der Waals surface area contributed by atoms with E-state index in [1.165, 1.54) is 0 Å². The topological polar surface area (TPSA) is 27.6 Å². The maximum absolute atomic E-state index is 4.86. The van der Waals surface area contributed by atoms with E-state index in [-0.39, 0.29) is 11.1 Å². The summed E-state index contributed by atoms with van der Waals surface area (Å²) in [5.41, 5.74) is 0.0850. The molecule has 1 N–H and O–H groups in total. The third kappa shape index (κ3) is 5.94. The van der Waals surface area contributed by atoms with Crippen LogP contribution < -0.4 is 5.32 Å². The molecule has 0 saturated heterocycles. The van der Waals surface area contributed by atoms with Crippen molar-refractivity contribution in [3.63, 3.8) is 0 Å². The Morgan fingerprint density at radius 1 is 1.06 bits per heavy atom. The SMILES string of the molecule is CCN(C)C(=NC(C)(C)CC)NC(C)(C)CC. The van der Waals surface area contributed by atoms with E-state index >= 15 is 0 Å². The van der Waals surface area contributed by atoms with E-state index in [4.69, 9.17) is 4.99 Å². The molecule has 0 atom stereocenters. The smallest absolute Gasteiger partial charge is 0.194 e. The molecular formula is C14H31N3. The van der Waals surface area contributed by atoms with Crippen molar-refractivity contribution in [2.24, 2.45) is 4.99 Å². The van der Waals surface area contributed by atoms with Gasteiger partial charge in [0.1, 0.15) is 0 Å². The number of guanidine groups is 1. The van der Waals surface area contributed by atoms with E-state index in [2.05, 4.69) is 65.7 Å². The Bertz CT molecular complexity index is 254. The van der Waals surface area contributed by atoms with E-state index in [1.54, 1.807) is 0 Å². The van der Waals surface area contributed by atoms with Crippen LogP contribution in [0.15, 0.2) is 4.99 Å². The number of hydrogen-bond donors (Lipinski definition) is 1. The predicted octanol–water partition coefficient (Wildman–Crippen LogP) is 3.26. The van der Waals surface area contributed by atoms with Gasteiger partial charge in [-0.1, -0.05) is 13.8 Å². The van der Waals surface area contributed by atoms with Gasteiger partial charge in [-0.15, -0.1) is 0 Å². The summed E-state index contributed by atoms with van der Waals surface area (Å²) in [5, 5.41) is 3.56. The van der Waals surface area contributed by atoms with Gasteiger partial charge in [0.15, 0.2) is 5.96 Å². The quantitative estimate of drug-likeness (QED) is 0.591. The maximum atomic E-state index is 4.86. The summed E-state index contributed by atoms with van der Waals surface area (Å²) in [5.74, 6) is 1.01. The van der Waals surface area contributed by atoms with Gasteiger partial charge in [-0.05, 0) is 47.5 Å². The van der Waals surface area contributed by atoms with Crippen LogP contribution in [0.1, 0.15) is 61.3 Å². The number of rotatable bonds is 5. The summed E-state index contributed by atoms with van der Waals surface area (Å²) in [6.07, 6.45) is 2.12. The third-order valence-corrected chi connectivity index (χ3v) is 3.44. The molecule has 0 fully saturated rings. The average Bonchev–Trinajstić information content (AvgIpc) is 2.26. The number of aliphatic imine (C=N–C) groups is 1. The molecule has 0 radical (unpaired) electrons. The first kappa shape index (κ1) is 16.3. The van der Waals surface area contributed by atoms with Crippen LogP contribution in [0.5, 0.6) is 0 Å². The minimum atomic E-state index is -0.00438. The van der Waals surface area contributed by atoms with Crippen LogP contribution in [-0.4, -0.2) is 35.5 Å². The zero-order valence-corrected chi connectivity index (χ0v) is 13.0. The summed E-state index contributed by atoms with van der Waals surface area (Å²) in [7, 11) is 2.09. The largest absolute Gasteiger partial charge is 0.351 e. The Labute approximate surface area is 108 Å². The number of nitrogens with zero attached hydrogens (tertiary/aromatic N) is 2. The van der Waals surface area contributed by atoms with Crippen molar-refractivity contribution in [1.29, 1.82) is 0 Å². The van der Waals surface area contributed by atoms with Gasteiger partial charge in [-0.2, -0.15) is 0 Å². The van der Waals surface area contributed by atoms with Gasteiger partial charge in [-0.3, -0.25) is 0 Å². The first-order chi connectivity index (χ1) is 7.67. The maximum Gasteiger partial charge on any atom is 0.194 e. The van der Waals surface area contributed by atoms with Crippen molar-refractivity contribution >= 4 is 5.96 Å². The summed E-state index contributed by atoms with van der Waals surface area (Å²) in [6, 6.07) is 0. The highest BCUT2D eigenvalue weighted by Gasteiger charge is 2.21. The lowest BCUT2D eigenvalue weighted by molar-refractivity contribution is 0.391. The van der Waals surface area contributed by atoms with Crippen LogP contribution in [0, 0.1) is 0 Å². The highest BCUT2D eigenvalue weighted by atomic mass is 15.3. The van der Waals surface area contributed by atoms with Gasteiger partial charge in [0.05, 0.1) is 5.54 Å². The van der Waals surface area contributed by atoms with Gasteiger partial charge in [-0.25, -0.2) is 4.99 Å². The molecule has 3 nitrogen and oxygen atoms in total. The van der Waals surface area contributed by atoms with E-state index in [0.29, 0.717) is 0 Å². The van der Waals surface area contributed by atoms with Gasteiger partial charge >= 0.3 is 0 Å². The van der Waals surface area contributed by atoms with E-state index < -0.39 is 0 Å². The Balaban J connectivity index is 5.03.